The number of halogens is 1. The largest absolute Gasteiger partial charge is 0.467 e. The van der Waals surface area contributed by atoms with E-state index >= 15 is 0 Å². The number of methoxy groups -OCH3 is 1. The molecule has 1 aromatic heterocycles. The quantitative estimate of drug-likeness (QED) is 0.791. The maximum Gasteiger partial charge on any atom is 0.322 e. The van der Waals surface area contributed by atoms with Crippen LogP contribution >= 0.6 is 11.6 Å². The fraction of sp³-hybridized carbons (Fsp3) is 0.667. The fourth-order valence-electron chi connectivity index (χ4n) is 1.52. The van der Waals surface area contributed by atoms with Crippen molar-refractivity contribution in [3.8, 4) is 6.01 Å². The molecule has 88 valence electrons. The van der Waals surface area contributed by atoms with Crippen LogP contribution in [-0.2, 0) is 0 Å². The molecule has 1 aliphatic carbocycles. The van der Waals surface area contributed by atoms with Gasteiger partial charge in [0.15, 0.2) is 0 Å². The molecular weight excluding hydrogens is 230 g/mol. The Morgan fingerprint density at radius 2 is 2.25 bits per heavy atom. The topological polar surface area (TPSA) is 86.0 Å². The van der Waals surface area contributed by atoms with E-state index in [0.29, 0.717) is 18.4 Å². The Morgan fingerprint density at radius 3 is 2.81 bits per heavy atom. The molecule has 0 bridgehead atoms. The second-order valence-electron chi connectivity index (χ2n) is 3.74. The van der Waals surface area contributed by atoms with Crippen LogP contribution in [0.4, 0.5) is 5.95 Å². The van der Waals surface area contributed by atoms with Gasteiger partial charge in [0.2, 0.25) is 11.2 Å². The molecule has 1 unspecified atom stereocenters. The summed E-state index contributed by atoms with van der Waals surface area (Å²) >= 11 is 5.74. The fourth-order valence-corrected chi connectivity index (χ4v) is 1.67. The van der Waals surface area contributed by atoms with E-state index in [1.807, 2.05) is 0 Å². The Bertz CT molecular complexity index is 371. The summed E-state index contributed by atoms with van der Waals surface area (Å²) < 4.78 is 4.91. The van der Waals surface area contributed by atoms with E-state index in [4.69, 9.17) is 22.1 Å². The van der Waals surface area contributed by atoms with Crippen molar-refractivity contribution in [2.45, 2.75) is 18.9 Å². The summed E-state index contributed by atoms with van der Waals surface area (Å²) in [5, 5.41) is 3.27. The number of nitrogens with zero attached hydrogens (tertiary/aromatic N) is 3. The van der Waals surface area contributed by atoms with Gasteiger partial charge in [0.05, 0.1) is 7.11 Å². The van der Waals surface area contributed by atoms with Gasteiger partial charge in [0, 0.05) is 12.6 Å². The van der Waals surface area contributed by atoms with E-state index < -0.39 is 0 Å². The zero-order valence-corrected chi connectivity index (χ0v) is 9.74. The first-order valence-electron chi connectivity index (χ1n) is 5.15. The van der Waals surface area contributed by atoms with Gasteiger partial charge in [0.25, 0.3) is 0 Å². The third kappa shape index (κ3) is 2.70. The number of nitrogens with two attached hydrogens (primary N) is 1. The van der Waals surface area contributed by atoms with Crippen LogP contribution in [0.15, 0.2) is 0 Å². The van der Waals surface area contributed by atoms with Crippen LogP contribution in [0.3, 0.4) is 0 Å². The predicted molar refractivity (Wildman–Crippen MR) is 60.6 cm³/mol. The molecule has 7 heteroatoms. The summed E-state index contributed by atoms with van der Waals surface area (Å²) in [4.78, 5) is 11.8. The van der Waals surface area contributed by atoms with Crippen LogP contribution in [0.1, 0.15) is 12.8 Å². The van der Waals surface area contributed by atoms with Gasteiger partial charge in [-0.2, -0.15) is 15.0 Å². The maximum atomic E-state index is 5.74. The minimum atomic E-state index is 0.112. The molecule has 1 atom stereocenters. The van der Waals surface area contributed by atoms with Crippen LogP contribution in [-0.4, -0.2) is 34.6 Å². The molecule has 6 nitrogen and oxygen atoms in total. The molecular formula is C9H14ClN5O. The molecule has 3 N–H and O–H groups in total. The minimum Gasteiger partial charge on any atom is -0.467 e. The molecule has 1 fully saturated rings. The number of hydrogen-bond donors (Lipinski definition) is 2. The van der Waals surface area contributed by atoms with Crippen molar-refractivity contribution in [3.05, 3.63) is 5.28 Å². The highest BCUT2D eigenvalue weighted by atomic mass is 35.5. The monoisotopic (exact) mass is 243 g/mol. The molecule has 0 saturated heterocycles. The zero-order chi connectivity index (χ0) is 11.5. The van der Waals surface area contributed by atoms with E-state index in [0.717, 1.165) is 0 Å². The van der Waals surface area contributed by atoms with Gasteiger partial charge in [0.1, 0.15) is 0 Å². The number of anilines is 1. The molecule has 1 aliphatic rings. The summed E-state index contributed by atoms with van der Waals surface area (Å²) in [5.74, 6) is 1.03. The van der Waals surface area contributed by atoms with E-state index in [-0.39, 0.29) is 17.3 Å². The maximum absolute atomic E-state index is 5.74. The van der Waals surface area contributed by atoms with Crippen LogP contribution in [0, 0.1) is 5.92 Å². The van der Waals surface area contributed by atoms with Crippen LogP contribution in [0.5, 0.6) is 6.01 Å². The number of rotatable bonds is 5. The summed E-state index contributed by atoms with van der Waals surface area (Å²) in [5.41, 5.74) is 5.67. The predicted octanol–water partition coefficient (Wildman–Crippen LogP) is 0.683. The highest BCUT2D eigenvalue weighted by molar-refractivity contribution is 6.28. The summed E-state index contributed by atoms with van der Waals surface area (Å²) in [7, 11) is 1.48. The normalized spacial score (nSPS) is 16.9. The molecule has 0 amide bonds. The molecule has 2 rings (SSSR count). The number of nitrogens with one attached hydrogen (secondary N) is 1. The van der Waals surface area contributed by atoms with Crippen LogP contribution in [0.25, 0.3) is 0 Å². The van der Waals surface area contributed by atoms with Gasteiger partial charge in [-0.1, -0.05) is 0 Å². The number of hydrogen-bond acceptors (Lipinski definition) is 6. The summed E-state index contributed by atoms with van der Waals surface area (Å²) in [6.07, 6.45) is 2.40. The lowest BCUT2D eigenvalue weighted by molar-refractivity contribution is 0.378. The van der Waals surface area contributed by atoms with Gasteiger partial charge in [-0.15, -0.1) is 0 Å². The Hall–Kier alpha value is -1.14. The Balaban J connectivity index is 2.09. The zero-order valence-electron chi connectivity index (χ0n) is 8.98. The van der Waals surface area contributed by atoms with Crippen molar-refractivity contribution >= 4 is 17.5 Å². The molecule has 1 heterocycles. The van der Waals surface area contributed by atoms with Crippen molar-refractivity contribution < 1.29 is 4.74 Å². The van der Waals surface area contributed by atoms with E-state index in [1.165, 1.54) is 20.0 Å². The van der Waals surface area contributed by atoms with Gasteiger partial charge in [-0.3, -0.25) is 0 Å². The van der Waals surface area contributed by atoms with Crippen molar-refractivity contribution in [3.63, 3.8) is 0 Å². The second kappa shape index (κ2) is 4.80. The molecule has 1 saturated carbocycles. The standard InChI is InChI=1S/C9H14ClN5O/c1-16-9-14-7(10)13-8(15-9)12-6(4-11)5-2-3-5/h5-6H,2-4,11H2,1H3,(H,12,13,14,15). The first kappa shape index (κ1) is 11.3. The molecule has 1 aromatic rings. The number of ether oxygens (including phenoxy) is 1. The molecule has 0 aromatic carbocycles. The van der Waals surface area contributed by atoms with Crippen molar-refractivity contribution in [1.82, 2.24) is 15.0 Å². The third-order valence-corrected chi connectivity index (χ3v) is 2.70. The Labute approximate surface area is 98.6 Å². The lowest BCUT2D eigenvalue weighted by Gasteiger charge is -2.15. The SMILES string of the molecule is COc1nc(Cl)nc(NC(CN)C2CC2)n1. The smallest absolute Gasteiger partial charge is 0.322 e. The summed E-state index contributed by atoms with van der Waals surface area (Å²) in [6.45, 7) is 0.552. The first-order chi connectivity index (χ1) is 7.72. The van der Waals surface area contributed by atoms with E-state index in [9.17, 15) is 0 Å². The van der Waals surface area contributed by atoms with Crippen molar-refractivity contribution in [1.29, 1.82) is 0 Å². The lowest BCUT2D eigenvalue weighted by Crippen LogP contribution is -2.31. The Kier molecular flexibility index (Phi) is 3.40. The average Bonchev–Trinajstić information content (AvgIpc) is 3.09. The van der Waals surface area contributed by atoms with Crippen molar-refractivity contribution in [2.75, 3.05) is 19.0 Å². The van der Waals surface area contributed by atoms with Gasteiger partial charge in [-0.05, 0) is 30.4 Å². The highest BCUT2D eigenvalue weighted by Crippen LogP contribution is 2.33. The van der Waals surface area contributed by atoms with E-state index in [1.54, 1.807) is 0 Å². The minimum absolute atomic E-state index is 0.112. The highest BCUT2D eigenvalue weighted by Gasteiger charge is 2.30. The van der Waals surface area contributed by atoms with E-state index in [2.05, 4.69) is 20.3 Å². The third-order valence-electron chi connectivity index (χ3n) is 2.53. The second-order valence-corrected chi connectivity index (χ2v) is 4.08. The van der Waals surface area contributed by atoms with Gasteiger partial charge in [-0.25, -0.2) is 0 Å². The average molecular weight is 244 g/mol. The summed E-state index contributed by atoms with van der Waals surface area (Å²) in [6, 6.07) is 0.400. The Morgan fingerprint density at radius 1 is 1.50 bits per heavy atom. The molecule has 16 heavy (non-hydrogen) atoms. The lowest BCUT2D eigenvalue weighted by atomic mass is 10.2. The van der Waals surface area contributed by atoms with Crippen LogP contribution < -0.4 is 15.8 Å². The van der Waals surface area contributed by atoms with Gasteiger partial charge < -0.3 is 15.8 Å². The molecule has 0 spiro atoms. The number of aromatic nitrogens is 3. The molecule has 0 aliphatic heterocycles. The van der Waals surface area contributed by atoms with Gasteiger partial charge >= 0.3 is 6.01 Å². The van der Waals surface area contributed by atoms with Crippen molar-refractivity contribution in [2.24, 2.45) is 11.7 Å². The van der Waals surface area contributed by atoms with Crippen LogP contribution in [0.2, 0.25) is 5.28 Å². The first-order valence-corrected chi connectivity index (χ1v) is 5.53. The molecule has 0 radical (unpaired) electrons.